The van der Waals surface area contributed by atoms with Crippen LogP contribution in [0.5, 0.6) is 5.75 Å². The van der Waals surface area contributed by atoms with Crippen LogP contribution >= 0.6 is 0 Å². The summed E-state index contributed by atoms with van der Waals surface area (Å²) in [5.74, 6) is 1.10. The fourth-order valence-electron chi connectivity index (χ4n) is 4.66. The Morgan fingerprint density at radius 1 is 1.09 bits per heavy atom. The number of hydrogen-bond acceptors (Lipinski definition) is 4. The van der Waals surface area contributed by atoms with Crippen molar-refractivity contribution in [3.63, 3.8) is 0 Å². The molecule has 1 amide bonds. The Labute approximate surface area is 199 Å². The van der Waals surface area contributed by atoms with Gasteiger partial charge in [-0.2, -0.15) is 0 Å². The third-order valence-electron chi connectivity index (χ3n) is 6.38. The summed E-state index contributed by atoms with van der Waals surface area (Å²) in [6, 6.07) is 22.0. The summed E-state index contributed by atoms with van der Waals surface area (Å²) in [6.07, 6.45) is 7.46. The summed E-state index contributed by atoms with van der Waals surface area (Å²) in [4.78, 5) is 24.4. The van der Waals surface area contributed by atoms with E-state index in [4.69, 9.17) is 9.72 Å². The van der Waals surface area contributed by atoms with Crippen LogP contribution in [-0.2, 0) is 6.54 Å². The Balaban J connectivity index is 1.33. The Bertz CT molecular complexity index is 1270. The van der Waals surface area contributed by atoms with Crippen LogP contribution < -0.4 is 4.74 Å². The van der Waals surface area contributed by atoms with Gasteiger partial charge < -0.3 is 14.2 Å². The summed E-state index contributed by atoms with van der Waals surface area (Å²) in [5, 5.41) is 0. The van der Waals surface area contributed by atoms with Crippen LogP contribution in [0.2, 0.25) is 0 Å². The zero-order valence-corrected chi connectivity index (χ0v) is 19.3. The van der Waals surface area contributed by atoms with E-state index >= 15 is 0 Å². The summed E-state index contributed by atoms with van der Waals surface area (Å²) in [6.45, 7) is 2.14. The fourth-order valence-corrected chi connectivity index (χ4v) is 4.66. The number of carbonyl (C=O) groups is 1. The molecule has 1 atom stereocenters. The summed E-state index contributed by atoms with van der Waals surface area (Å²) in [5.41, 5.74) is 4.71. The molecule has 1 aliphatic rings. The average Bonchev–Trinajstić information content (AvgIpc) is 3.41. The lowest BCUT2D eigenvalue weighted by Crippen LogP contribution is -2.39. The van der Waals surface area contributed by atoms with Gasteiger partial charge in [0.15, 0.2) is 0 Å². The van der Waals surface area contributed by atoms with Crippen molar-refractivity contribution in [1.82, 2.24) is 19.4 Å². The number of likely N-dealkylation sites (tertiary alicyclic amines) is 1. The topological polar surface area (TPSA) is 60.2 Å². The molecular weight excluding hydrogens is 424 g/mol. The van der Waals surface area contributed by atoms with Crippen molar-refractivity contribution < 1.29 is 9.53 Å². The van der Waals surface area contributed by atoms with E-state index in [0.29, 0.717) is 13.1 Å². The van der Waals surface area contributed by atoms with E-state index in [1.54, 1.807) is 19.6 Å². The predicted molar refractivity (Wildman–Crippen MR) is 132 cm³/mol. The smallest absolute Gasteiger partial charge is 0.253 e. The lowest BCUT2D eigenvalue weighted by atomic mass is 9.93. The van der Waals surface area contributed by atoms with Crippen molar-refractivity contribution in [3.05, 3.63) is 102 Å². The zero-order chi connectivity index (χ0) is 23.3. The van der Waals surface area contributed by atoms with Crippen LogP contribution in [0.3, 0.4) is 0 Å². The second-order valence-corrected chi connectivity index (χ2v) is 8.67. The average molecular weight is 453 g/mol. The highest BCUT2D eigenvalue weighted by Gasteiger charge is 2.26. The van der Waals surface area contributed by atoms with Gasteiger partial charge in [0.1, 0.15) is 5.75 Å². The van der Waals surface area contributed by atoms with Crippen LogP contribution in [-0.4, -0.2) is 45.5 Å². The van der Waals surface area contributed by atoms with Crippen molar-refractivity contribution in [1.29, 1.82) is 0 Å². The Hall–Kier alpha value is -3.93. The molecule has 5 rings (SSSR count). The fraction of sp³-hybridized carbons (Fsp3) is 0.250. The van der Waals surface area contributed by atoms with Gasteiger partial charge in [-0.05, 0) is 54.8 Å². The highest BCUT2D eigenvalue weighted by molar-refractivity contribution is 5.94. The molecule has 1 saturated heterocycles. The number of carbonyl (C=O) groups excluding carboxylic acids is 1. The molecule has 4 aromatic rings. The third kappa shape index (κ3) is 4.71. The molecule has 2 aromatic heterocycles. The molecule has 0 saturated carbocycles. The van der Waals surface area contributed by atoms with Crippen molar-refractivity contribution in [2.75, 3.05) is 20.2 Å². The van der Waals surface area contributed by atoms with Gasteiger partial charge in [0.2, 0.25) is 0 Å². The van der Waals surface area contributed by atoms with E-state index < -0.39 is 0 Å². The van der Waals surface area contributed by atoms with E-state index in [1.165, 1.54) is 0 Å². The first-order valence-corrected chi connectivity index (χ1v) is 11.7. The van der Waals surface area contributed by atoms with Crippen molar-refractivity contribution >= 4 is 5.91 Å². The number of ether oxygens (including phenoxy) is 1. The number of nitrogens with zero attached hydrogens (tertiary/aromatic N) is 4. The van der Waals surface area contributed by atoms with Crippen LogP contribution in [0.1, 0.15) is 40.4 Å². The van der Waals surface area contributed by atoms with E-state index in [2.05, 4.69) is 11.1 Å². The lowest BCUT2D eigenvalue weighted by Gasteiger charge is -2.33. The number of pyridine rings is 1. The van der Waals surface area contributed by atoms with Crippen LogP contribution in [0.25, 0.3) is 11.3 Å². The van der Waals surface area contributed by atoms with E-state index in [-0.39, 0.29) is 11.8 Å². The predicted octanol–water partition coefficient (Wildman–Crippen LogP) is 5.02. The first-order valence-electron chi connectivity index (χ1n) is 11.7. The molecule has 0 unspecified atom stereocenters. The Morgan fingerprint density at radius 2 is 1.97 bits per heavy atom. The summed E-state index contributed by atoms with van der Waals surface area (Å²) < 4.78 is 7.53. The number of aromatic nitrogens is 3. The van der Waals surface area contributed by atoms with Crippen molar-refractivity contribution in [2.45, 2.75) is 25.3 Å². The molecule has 0 N–H and O–H groups in total. The van der Waals surface area contributed by atoms with Gasteiger partial charge in [-0.15, -0.1) is 0 Å². The molecule has 6 heteroatoms. The molecule has 3 heterocycles. The number of amides is 1. The molecule has 0 radical (unpaired) electrons. The molecule has 1 aliphatic heterocycles. The Kier molecular flexibility index (Phi) is 6.38. The third-order valence-corrected chi connectivity index (χ3v) is 6.38. The summed E-state index contributed by atoms with van der Waals surface area (Å²) >= 11 is 0. The normalized spacial score (nSPS) is 15.8. The minimum absolute atomic E-state index is 0.0815. The standard InChI is InChI=1S/C28H28N4O2/c1-34-27-13-3-2-10-24(27)26-12-5-11-25(30-26)23-9-6-15-32(19-23)28(33)22-8-4-7-21(17-22)18-31-16-14-29-20-31/h2-5,7-8,10-14,16-17,20,23H,6,9,15,18-19H2,1H3/t23-/m0/s1. The maximum atomic E-state index is 13.4. The molecule has 1 fully saturated rings. The summed E-state index contributed by atoms with van der Waals surface area (Å²) in [7, 11) is 1.68. The lowest BCUT2D eigenvalue weighted by molar-refractivity contribution is 0.0706. The molecule has 34 heavy (non-hydrogen) atoms. The number of hydrogen-bond donors (Lipinski definition) is 0. The number of imidazole rings is 1. The second kappa shape index (κ2) is 9.91. The quantitative estimate of drug-likeness (QED) is 0.412. The van der Waals surface area contributed by atoms with E-state index in [1.807, 2.05) is 76.3 Å². The van der Waals surface area contributed by atoms with Gasteiger partial charge >= 0.3 is 0 Å². The number of rotatable bonds is 6. The van der Waals surface area contributed by atoms with Crippen LogP contribution in [0.15, 0.2) is 85.5 Å². The van der Waals surface area contributed by atoms with Gasteiger partial charge in [-0.1, -0.05) is 30.3 Å². The maximum absolute atomic E-state index is 13.4. The number of benzene rings is 2. The highest BCUT2D eigenvalue weighted by atomic mass is 16.5. The monoisotopic (exact) mass is 452 g/mol. The van der Waals surface area contributed by atoms with Gasteiger partial charge in [-0.3, -0.25) is 9.78 Å². The SMILES string of the molecule is COc1ccccc1-c1cccc([C@H]2CCCN(C(=O)c3cccc(Cn4ccnc4)c3)C2)n1. The number of piperidine rings is 1. The van der Waals surface area contributed by atoms with E-state index in [9.17, 15) is 4.79 Å². The highest BCUT2D eigenvalue weighted by Crippen LogP contribution is 2.31. The maximum Gasteiger partial charge on any atom is 0.253 e. The first kappa shape index (κ1) is 21.9. The van der Waals surface area contributed by atoms with Gasteiger partial charge in [0.05, 0.1) is 19.1 Å². The molecule has 0 spiro atoms. The van der Waals surface area contributed by atoms with E-state index in [0.717, 1.165) is 53.2 Å². The molecule has 2 aromatic carbocycles. The zero-order valence-electron chi connectivity index (χ0n) is 19.3. The molecule has 0 aliphatic carbocycles. The minimum Gasteiger partial charge on any atom is -0.496 e. The molecule has 6 nitrogen and oxygen atoms in total. The van der Waals surface area contributed by atoms with Gasteiger partial charge in [0.25, 0.3) is 5.91 Å². The molecule has 0 bridgehead atoms. The largest absolute Gasteiger partial charge is 0.496 e. The number of para-hydroxylation sites is 1. The molecular formula is C28H28N4O2. The van der Waals surface area contributed by atoms with Crippen LogP contribution in [0, 0.1) is 0 Å². The number of methoxy groups -OCH3 is 1. The van der Waals surface area contributed by atoms with Crippen LogP contribution in [0.4, 0.5) is 0 Å². The first-order chi connectivity index (χ1) is 16.7. The van der Waals surface area contributed by atoms with Crippen molar-refractivity contribution in [3.8, 4) is 17.0 Å². The van der Waals surface area contributed by atoms with Crippen molar-refractivity contribution in [2.24, 2.45) is 0 Å². The minimum atomic E-state index is 0.0815. The Morgan fingerprint density at radius 3 is 2.82 bits per heavy atom. The van der Waals surface area contributed by atoms with Gasteiger partial charge in [0, 0.05) is 54.8 Å². The molecule has 172 valence electrons. The second-order valence-electron chi connectivity index (χ2n) is 8.67. The van der Waals surface area contributed by atoms with Gasteiger partial charge in [-0.25, -0.2) is 4.98 Å².